The van der Waals surface area contributed by atoms with Crippen LogP contribution in [0.5, 0.6) is 0 Å². The van der Waals surface area contributed by atoms with E-state index in [4.69, 9.17) is 0 Å². The first-order valence-corrected chi connectivity index (χ1v) is 8.12. The van der Waals surface area contributed by atoms with Gasteiger partial charge in [-0.25, -0.2) is 0 Å². The summed E-state index contributed by atoms with van der Waals surface area (Å²) in [7, 11) is 0. The number of rotatable bonds is 8. The van der Waals surface area contributed by atoms with E-state index < -0.39 is 11.5 Å². The van der Waals surface area contributed by atoms with Gasteiger partial charge in [0.15, 0.2) is 0 Å². The van der Waals surface area contributed by atoms with Crippen LogP contribution in [-0.2, 0) is 4.79 Å². The smallest absolute Gasteiger partial charge is 0.324 e. The fourth-order valence-electron chi connectivity index (χ4n) is 3.19. The molecule has 0 bridgehead atoms. The number of carboxylic acids is 1. The lowest BCUT2D eigenvalue weighted by Gasteiger charge is -2.43. The normalized spacial score (nSPS) is 22.4. The predicted molar refractivity (Wildman–Crippen MR) is 83.0 cm³/mol. The summed E-state index contributed by atoms with van der Waals surface area (Å²) in [5.41, 5.74) is -0.332. The third-order valence-corrected chi connectivity index (χ3v) is 5.19. The Bertz CT molecular complexity index is 306. The molecule has 1 saturated heterocycles. The van der Waals surface area contributed by atoms with Crippen LogP contribution in [-0.4, -0.2) is 47.7 Å². The molecule has 1 unspecified atom stereocenters. The molecule has 2 N–H and O–H groups in total. The maximum atomic E-state index is 11.6. The van der Waals surface area contributed by atoms with Crippen molar-refractivity contribution in [1.82, 2.24) is 10.2 Å². The number of likely N-dealkylation sites (tertiary alicyclic amines) is 1. The molecular formula is C16H32N2O2. The molecule has 4 nitrogen and oxygen atoms in total. The molecule has 0 aromatic rings. The molecule has 1 rings (SSSR count). The molecule has 1 atom stereocenters. The predicted octanol–water partition coefficient (Wildman–Crippen LogP) is 2.73. The van der Waals surface area contributed by atoms with Crippen LogP contribution in [0, 0.1) is 5.41 Å². The van der Waals surface area contributed by atoms with E-state index in [-0.39, 0.29) is 0 Å². The average molecular weight is 284 g/mol. The number of nitrogens with zero attached hydrogens (tertiary/aromatic N) is 1. The minimum atomic E-state index is -0.825. The first-order valence-electron chi connectivity index (χ1n) is 8.12. The van der Waals surface area contributed by atoms with Crippen molar-refractivity contribution >= 4 is 5.97 Å². The molecule has 0 spiro atoms. The lowest BCUT2D eigenvalue weighted by molar-refractivity contribution is -0.145. The molecular weight excluding hydrogens is 252 g/mol. The van der Waals surface area contributed by atoms with E-state index >= 15 is 0 Å². The number of carbonyl (C=O) groups is 1. The summed E-state index contributed by atoms with van der Waals surface area (Å²) >= 11 is 0. The Labute approximate surface area is 123 Å². The van der Waals surface area contributed by atoms with E-state index in [1.165, 1.54) is 25.7 Å². The van der Waals surface area contributed by atoms with Gasteiger partial charge in [0.1, 0.15) is 5.54 Å². The van der Waals surface area contributed by atoms with Gasteiger partial charge in [0.25, 0.3) is 0 Å². The minimum Gasteiger partial charge on any atom is -0.480 e. The topological polar surface area (TPSA) is 52.6 Å². The highest BCUT2D eigenvalue weighted by atomic mass is 16.4. The fourth-order valence-corrected chi connectivity index (χ4v) is 3.19. The van der Waals surface area contributed by atoms with Crippen molar-refractivity contribution in [2.24, 2.45) is 5.41 Å². The van der Waals surface area contributed by atoms with E-state index in [0.29, 0.717) is 12.0 Å². The van der Waals surface area contributed by atoms with Crippen molar-refractivity contribution in [2.75, 3.05) is 26.2 Å². The quantitative estimate of drug-likeness (QED) is 0.719. The molecule has 1 fully saturated rings. The van der Waals surface area contributed by atoms with Gasteiger partial charge in [0.05, 0.1) is 0 Å². The number of aliphatic carboxylic acids is 1. The summed E-state index contributed by atoms with van der Waals surface area (Å²) in [4.78, 5) is 13.9. The van der Waals surface area contributed by atoms with Gasteiger partial charge in [0.2, 0.25) is 0 Å². The second kappa shape index (κ2) is 7.41. The van der Waals surface area contributed by atoms with Crippen LogP contribution in [0.4, 0.5) is 0 Å². The lowest BCUT2D eigenvalue weighted by Crippen LogP contribution is -2.58. The zero-order valence-corrected chi connectivity index (χ0v) is 13.7. The van der Waals surface area contributed by atoms with Gasteiger partial charge in [-0.3, -0.25) is 4.79 Å². The second-order valence-corrected chi connectivity index (χ2v) is 6.55. The highest BCUT2D eigenvalue weighted by molar-refractivity contribution is 5.78. The van der Waals surface area contributed by atoms with Crippen molar-refractivity contribution in [1.29, 1.82) is 0 Å². The molecule has 118 valence electrons. The summed E-state index contributed by atoms with van der Waals surface area (Å²) in [5.74, 6) is -0.742. The third-order valence-electron chi connectivity index (χ3n) is 5.19. The van der Waals surface area contributed by atoms with Crippen LogP contribution in [0.1, 0.15) is 59.8 Å². The second-order valence-electron chi connectivity index (χ2n) is 6.55. The van der Waals surface area contributed by atoms with E-state index in [0.717, 1.165) is 26.1 Å². The lowest BCUT2D eigenvalue weighted by atomic mass is 9.74. The molecule has 0 aliphatic carbocycles. The summed E-state index contributed by atoms with van der Waals surface area (Å²) in [5, 5.41) is 12.7. The maximum absolute atomic E-state index is 11.6. The van der Waals surface area contributed by atoms with Crippen molar-refractivity contribution in [3.8, 4) is 0 Å². The SMILES string of the molecule is CCCNC(C)(CN1CCC(CC)(CC)CC1)C(=O)O. The van der Waals surface area contributed by atoms with Gasteiger partial charge in [-0.05, 0) is 51.2 Å². The van der Waals surface area contributed by atoms with Crippen LogP contribution in [0.2, 0.25) is 0 Å². The van der Waals surface area contributed by atoms with Gasteiger partial charge in [-0.2, -0.15) is 0 Å². The van der Waals surface area contributed by atoms with Crippen molar-refractivity contribution in [3.05, 3.63) is 0 Å². The van der Waals surface area contributed by atoms with Crippen LogP contribution in [0.15, 0.2) is 0 Å². The molecule has 1 aliphatic rings. The fraction of sp³-hybridized carbons (Fsp3) is 0.938. The highest BCUT2D eigenvalue weighted by Crippen LogP contribution is 2.38. The van der Waals surface area contributed by atoms with Crippen molar-refractivity contribution in [3.63, 3.8) is 0 Å². The highest BCUT2D eigenvalue weighted by Gasteiger charge is 2.37. The van der Waals surface area contributed by atoms with Gasteiger partial charge in [0, 0.05) is 6.54 Å². The molecule has 0 saturated carbocycles. The van der Waals surface area contributed by atoms with E-state index in [2.05, 4.69) is 31.0 Å². The van der Waals surface area contributed by atoms with Gasteiger partial charge in [-0.1, -0.05) is 33.6 Å². The maximum Gasteiger partial charge on any atom is 0.324 e. The number of nitrogens with one attached hydrogen (secondary N) is 1. The molecule has 0 aromatic heterocycles. The first kappa shape index (κ1) is 17.4. The number of piperidine rings is 1. The Morgan fingerprint density at radius 1 is 1.25 bits per heavy atom. The Morgan fingerprint density at radius 2 is 1.80 bits per heavy atom. The number of hydrogen-bond acceptors (Lipinski definition) is 3. The Hall–Kier alpha value is -0.610. The minimum absolute atomic E-state index is 0.493. The summed E-state index contributed by atoms with van der Waals surface area (Å²) < 4.78 is 0. The summed E-state index contributed by atoms with van der Waals surface area (Å²) in [6.45, 7) is 11.8. The Kier molecular flexibility index (Phi) is 6.46. The molecule has 1 heterocycles. The average Bonchev–Trinajstić information content (AvgIpc) is 2.46. The van der Waals surface area contributed by atoms with Crippen LogP contribution in [0.25, 0.3) is 0 Å². The van der Waals surface area contributed by atoms with E-state index in [1.54, 1.807) is 0 Å². The van der Waals surface area contributed by atoms with Crippen LogP contribution in [0.3, 0.4) is 0 Å². The first-order chi connectivity index (χ1) is 9.41. The Balaban J connectivity index is 2.58. The largest absolute Gasteiger partial charge is 0.480 e. The Morgan fingerprint density at radius 3 is 2.20 bits per heavy atom. The van der Waals surface area contributed by atoms with E-state index in [9.17, 15) is 9.90 Å². The van der Waals surface area contributed by atoms with Gasteiger partial charge < -0.3 is 15.3 Å². The number of hydrogen-bond donors (Lipinski definition) is 2. The van der Waals surface area contributed by atoms with Crippen molar-refractivity contribution in [2.45, 2.75) is 65.3 Å². The van der Waals surface area contributed by atoms with E-state index in [1.807, 2.05) is 6.92 Å². The number of carboxylic acid groups (broad SMARTS) is 1. The molecule has 0 aromatic carbocycles. The van der Waals surface area contributed by atoms with Crippen molar-refractivity contribution < 1.29 is 9.90 Å². The van der Waals surface area contributed by atoms with Gasteiger partial charge >= 0.3 is 5.97 Å². The zero-order valence-electron chi connectivity index (χ0n) is 13.7. The molecule has 1 aliphatic heterocycles. The standard InChI is InChI=1S/C16H32N2O2/c1-5-10-17-15(4,14(19)20)13-18-11-8-16(6-2,7-3)9-12-18/h17H,5-13H2,1-4H3,(H,19,20). The van der Waals surface area contributed by atoms with Gasteiger partial charge in [-0.15, -0.1) is 0 Å². The summed E-state index contributed by atoms with van der Waals surface area (Å²) in [6.07, 6.45) is 5.83. The van der Waals surface area contributed by atoms with Crippen LogP contribution >= 0.6 is 0 Å². The molecule has 0 radical (unpaired) electrons. The summed E-state index contributed by atoms with van der Waals surface area (Å²) in [6, 6.07) is 0. The zero-order chi connectivity index (χ0) is 15.2. The molecule has 20 heavy (non-hydrogen) atoms. The molecule has 0 amide bonds. The third kappa shape index (κ3) is 4.19. The van der Waals surface area contributed by atoms with Crippen LogP contribution < -0.4 is 5.32 Å². The molecule has 4 heteroatoms. The monoisotopic (exact) mass is 284 g/mol.